The van der Waals surface area contributed by atoms with Crippen molar-refractivity contribution in [2.24, 2.45) is 7.05 Å². The molecule has 8 heteroatoms. The van der Waals surface area contributed by atoms with E-state index in [1.54, 1.807) is 33.2 Å². The van der Waals surface area contributed by atoms with E-state index in [0.717, 1.165) is 5.69 Å². The van der Waals surface area contributed by atoms with Crippen molar-refractivity contribution in [3.8, 4) is 0 Å². The van der Waals surface area contributed by atoms with Gasteiger partial charge in [0.1, 0.15) is 0 Å². The molecule has 1 fully saturated rings. The minimum Gasteiger partial charge on any atom is -0.447 e. The maximum absolute atomic E-state index is 11.7. The van der Waals surface area contributed by atoms with Crippen LogP contribution in [-0.4, -0.2) is 54.3 Å². The van der Waals surface area contributed by atoms with Gasteiger partial charge in [-0.3, -0.25) is 4.79 Å². The van der Waals surface area contributed by atoms with Crippen molar-refractivity contribution in [2.45, 2.75) is 32.5 Å². The van der Waals surface area contributed by atoms with E-state index < -0.39 is 6.09 Å². The molecular formula is C15H24N4O4. The molecule has 1 aliphatic rings. The molecule has 0 spiro atoms. The summed E-state index contributed by atoms with van der Waals surface area (Å²) in [6.45, 7) is 6.05. The Morgan fingerprint density at radius 1 is 1.57 bits per heavy atom. The van der Waals surface area contributed by atoms with Crippen LogP contribution in [0.15, 0.2) is 17.1 Å². The Balaban J connectivity index is 1.82. The van der Waals surface area contributed by atoms with E-state index >= 15 is 0 Å². The third kappa shape index (κ3) is 5.24. The number of hydrogen-bond acceptors (Lipinski definition) is 6. The first kappa shape index (κ1) is 17.3. The Morgan fingerprint density at radius 3 is 3.04 bits per heavy atom. The Kier molecular flexibility index (Phi) is 5.97. The lowest BCUT2D eigenvalue weighted by Gasteiger charge is -2.34. The predicted octanol–water partition coefficient (Wildman–Crippen LogP) is 0.510. The molecule has 0 bridgehead atoms. The molecule has 128 valence electrons. The zero-order valence-corrected chi connectivity index (χ0v) is 13.8. The van der Waals surface area contributed by atoms with E-state index in [9.17, 15) is 9.59 Å². The van der Waals surface area contributed by atoms with Crippen molar-refractivity contribution in [1.82, 2.24) is 15.1 Å². The van der Waals surface area contributed by atoms with Gasteiger partial charge in [-0.25, -0.2) is 9.48 Å². The van der Waals surface area contributed by atoms with Crippen molar-refractivity contribution >= 4 is 11.8 Å². The average molecular weight is 324 g/mol. The van der Waals surface area contributed by atoms with Crippen molar-refractivity contribution in [3.63, 3.8) is 0 Å². The van der Waals surface area contributed by atoms with Crippen LogP contribution in [0.3, 0.4) is 0 Å². The Bertz CT molecular complexity index is 587. The summed E-state index contributed by atoms with van der Waals surface area (Å²) in [5.74, 6) is 0. The molecule has 1 aliphatic heterocycles. The fourth-order valence-corrected chi connectivity index (χ4v) is 2.35. The quantitative estimate of drug-likeness (QED) is 0.849. The van der Waals surface area contributed by atoms with E-state index in [2.05, 4.69) is 15.3 Å². The van der Waals surface area contributed by atoms with Crippen LogP contribution in [0.4, 0.5) is 10.5 Å². The number of morpholine rings is 1. The van der Waals surface area contributed by atoms with Gasteiger partial charge < -0.3 is 19.7 Å². The average Bonchev–Trinajstić information content (AvgIpc) is 2.49. The van der Waals surface area contributed by atoms with Crippen LogP contribution in [-0.2, 0) is 16.5 Å². The van der Waals surface area contributed by atoms with Crippen molar-refractivity contribution in [2.75, 3.05) is 31.1 Å². The molecule has 1 saturated heterocycles. The monoisotopic (exact) mass is 324 g/mol. The second-order valence-corrected chi connectivity index (χ2v) is 5.78. The van der Waals surface area contributed by atoms with Gasteiger partial charge in [0.2, 0.25) is 0 Å². The number of aryl methyl sites for hydroxylation is 1. The molecular weight excluding hydrogens is 300 g/mol. The first-order chi connectivity index (χ1) is 11.0. The molecule has 1 aromatic rings. The number of hydrogen-bond donors (Lipinski definition) is 1. The highest BCUT2D eigenvalue weighted by molar-refractivity contribution is 5.67. The lowest BCUT2D eigenvalue weighted by molar-refractivity contribution is 0.0349. The van der Waals surface area contributed by atoms with Gasteiger partial charge in [-0.15, -0.1) is 0 Å². The number of nitrogens with one attached hydrogen (secondary N) is 1. The van der Waals surface area contributed by atoms with Crippen molar-refractivity contribution in [3.05, 3.63) is 22.6 Å². The molecule has 0 saturated carbocycles. The van der Waals surface area contributed by atoms with Crippen LogP contribution in [0.2, 0.25) is 0 Å². The summed E-state index contributed by atoms with van der Waals surface area (Å²) in [5, 5.41) is 6.75. The van der Waals surface area contributed by atoms with E-state index in [-0.39, 0.29) is 17.8 Å². The summed E-state index contributed by atoms with van der Waals surface area (Å²) in [4.78, 5) is 25.2. The van der Waals surface area contributed by atoms with E-state index in [0.29, 0.717) is 32.7 Å². The zero-order valence-electron chi connectivity index (χ0n) is 13.8. The van der Waals surface area contributed by atoms with Crippen molar-refractivity contribution in [1.29, 1.82) is 0 Å². The van der Waals surface area contributed by atoms with Crippen LogP contribution in [0.25, 0.3) is 0 Å². The summed E-state index contributed by atoms with van der Waals surface area (Å²) in [6.07, 6.45) is 1.81. The predicted molar refractivity (Wildman–Crippen MR) is 85.7 cm³/mol. The Morgan fingerprint density at radius 2 is 2.35 bits per heavy atom. The summed E-state index contributed by atoms with van der Waals surface area (Å²) in [5.41, 5.74) is 0.664. The highest BCUT2D eigenvalue weighted by Gasteiger charge is 2.21. The topological polar surface area (TPSA) is 85.7 Å². The first-order valence-electron chi connectivity index (χ1n) is 7.80. The van der Waals surface area contributed by atoms with Crippen LogP contribution in [0, 0.1) is 0 Å². The second-order valence-electron chi connectivity index (χ2n) is 5.78. The maximum atomic E-state index is 11.7. The van der Waals surface area contributed by atoms with E-state index in [1.807, 2.05) is 0 Å². The molecule has 1 N–H and O–H groups in total. The van der Waals surface area contributed by atoms with Crippen LogP contribution >= 0.6 is 0 Å². The Labute approximate surface area is 135 Å². The van der Waals surface area contributed by atoms with Crippen molar-refractivity contribution < 1.29 is 14.3 Å². The summed E-state index contributed by atoms with van der Waals surface area (Å²) < 4.78 is 12.0. The summed E-state index contributed by atoms with van der Waals surface area (Å²) >= 11 is 0. The molecule has 0 radical (unpaired) electrons. The van der Waals surface area contributed by atoms with Crippen LogP contribution in [0.1, 0.15) is 20.3 Å². The SMILES string of the molecule is CC(C)OC(=O)NCC[C@@H]1CN(c2cnn(C)c(=O)c2)CCO1. The second kappa shape index (κ2) is 7.96. The van der Waals surface area contributed by atoms with Gasteiger partial charge in [0, 0.05) is 32.7 Å². The van der Waals surface area contributed by atoms with E-state index in [1.165, 1.54) is 4.68 Å². The highest BCUT2D eigenvalue weighted by Crippen LogP contribution is 2.16. The van der Waals surface area contributed by atoms with Gasteiger partial charge in [-0.1, -0.05) is 0 Å². The van der Waals surface area contributed by atoms with Gasteiger partial charge in [-0.2, -0.15) is 5.10 Å². The molecule has 1 atom stereocenters. The number of nitrogens with zero attached hydrogens (tertiary/aromatic N) is 3. The number of ether oxygens (including phenoxy) is 2. The lowest BCUT2D eigenvalue weighted by atomic mass is 10.2. The minimum atomic E-state index is -0.413. The lowest BCUT2D eigenvalue weighted by Crippen LogP contribution is -2.44. The molecule has 0 aromatic carbocycles. The fraction of sp³-hybridized carbons (Fsp3) is 0.667. The number of carbonyl (C=O) groups excluding carboxylic acids is 1. The van der Waals surface area contributed by atoms with Gasteiger partial charge in [-0.05, 0) is 20.3 Å². The molecule has 0 aliphatic carbocycles. The van der Waals surface area contributed by atoms with Gasteiger partial charge >= 0.3 is 6.09 Å². The van der Waals surface area contributed by atoms with Gasteiger partial charge in [0.15, 0.2) is 0 Å². The zero-order chi connectivity index (χ0) is 16.8. The molecule has 8 nitrogen and oxygen atoms in total. The standard InChI is InChI=1S/C15H24N4O4/c1-11(2)23-15(21)16-5-4-13-10-19(6-7-22-13)12-8-14(20)18(3)17-9-12/h8-9,11,13H,4-7,10H2,1-3H3,(H,16,21)/t13-/m1/s1. The fourth-order valence-electron chi connectivity index (χ4n) is 2.35. The number of rotatable bonds is 5. The number of anilines is 1. The number of aromatic nitrogens is 2. The smallest absolute Gasteiger partial charge is 0.407 e. The maximum Gasteiger partial charge on any atom is 0.407 e. The number of amides is 1. The molecule has 2 rings (SSSR count). The van der Waals surface area contributed by atoms with E-state index in [4.69, 9.17) is 9.47 Å². The summed E-state index contributed by atoms with van der Waals surface area (Å²) in [6, 6.07) is 1.58. The molecule has 23 heavy (non-hydrogen) atoms. The molecule has 1 aromatic heterocycles. The first-order valence-corrected chi connectivity index (χ1v) is 7.80. The molecule has 2 heterocycles. The summed E-state index contributed by atoms with van der Waals surface area (Å²) in [7, 11) is 1.62. The number of carbonyl (C=O) groups is 1. The largest absolute Gasteiger partial charge is 0.447 e. The minimum absolute atomic E-state index is 0.00726. The molecule has 0 unspecified atom stereocenters. The van der Waals surface area contributed by atoms with Crippen LogP contribution < -0.4 is 15.8 Å². The third-order valence-corrected chi connectivity index (χ3v) is 3.54. The normalized spacial score (nSPS) is 18.1. The van der Waals surface area contributed by atoms with Gasteiger partial charge in [0.05, 0.1) is 30.7 Å². The van der Waals surface area contributed by atoms with Gasteiger partial charge in [0.25, 0.3) is 5.56 Å². The highest BCUT2D eigenvalue weighted by atomic mass is 16.6. The Hall–Kier alpha value is -2.09. The molecule has 1 amide bonds. The third-order valence-electron chi connectivity index (χ3n) is 3.54. The van der Waals surface area contributed by atoms with Crippen LogP contribution in [0.5, 0.6) is 0 Å². The number of alkyl carbamates (subject to hydrolysis) is 1.